The van der Waals surface area contributed by atoms with Gasteiger partial charge in [-0.05, 0) is 61.4 Å². The lowest BCUT2D eigenvalue weighted by atomic mass is 9.96. The molecule has 0 fully saturated rings. The summed E-state index contributed by atoms with van der Waals surface area (Å²) >= 11 is 0. The smallest absolute Gasteiger partial charge is 0.352 e. The second kappa shape index (κ2) is 17.4. The first-order chi connectivity index (χ1) is 18.8. The number of carbonyl (C=O) groups excluding carboxylic acids is 4. The molecule has 0 radical (unpaired) electrons. The molecule has 0 saturated carbocycles. The highest BCUT2D eigenvalue weighted by Crippen LogP contribution is 2.29. The Morgan fingerprint density at radius 1 is 0.875 bits per heavy atom. The molecule has 1 atom stereocenters. The molecule has 1 N–H and O–H groups in total. The standard InChI is InChI=1S/C22H24F3NO2.C10H18O2/c1-3-6-20(27)19-10-9-15(11-17(19)4-2)13-21(28)26-14-16-7-5-8-18(12-16)22(23,24)25;1-4-5-10(12)7-6-8(2)9(3)11/h5,7-12H,3-4,6,13-14H2,1-2H3,(H,26,28);8H,4-7H2,1-3H3. The maximum atomic E-state index is 12.8. The molecule has 0 aliphatic carbocycles. The Morgan fingerprint density at radius 3 is 2.12 bits per heavy atom. The van der Waals surface area contributed by atoms with Gasteiger partial charge in [0.1, 0.15) is 11.6 Å². The molecule has 2 aromatic rings. The summed E-state index contributed by atoms with van der Waals surface area (Å²) in [4.78, 5) is 46.2. The number of nitrogens with one attached hydrogen (secondary N) is 1. The molecule has 1 amide bonds. The Hall–Kier alpha value is -3.29. The molecule has 0 saturated heterocycles. The quantitative estimate of drug-likeness (QED) is 0.243. The Morgan fingerprint density at radius 2 is 1.55 bits per heavy atom. The van der Waals surface area contributed by atoms with E-state index in [4.69, 9.17) is 0 Å². The van der Waals surface area contributed by atoms with Crippen LogP contribution in [0.25, 0.3) is 0 Å². The average molecular weight is 562 g/mol. The number of amides is 1. The van der Waals surface area contributed by atoms with E-state index in [0.29, 0.717) is 43.2 Å². The van der Waals surface area contributed by atoms with E-state index in [1.165, 1.54) is 6.07 Å². The molecule has 5 nitrogen and oxygen atoms in total. The van der Waals surface area contributed by atoms with Crippen LogP contribution in [-0.2, 0) is 39.9 Å². The van der Waals surface area contributed by atoms with Gasteiger partial charge in [-0.1, -0.05) is 58.0 Å². The first-order valence-corrected chi connectivity index (χ1v) is 13.9. The minimum atomic E-state index is -4.41. The molecule has 2 aromatic carbocycles. The number of benzene rings is 2. The summed E-state index contributed by atoms with van der Waals surface area (Å²) in [7, 11) is 0. The van der Waals surface area contributed by atoms with E-state index in [-0.39, 0.29) is 42.1 Å². The van der Waals surface area contributed by atoms with E-state index in [1.807, 2.05) is 33.8 Å². The van der Waals surface area contributed by atoms with Crippen LogP contribution in [0, 0.1) is 5.92 Å². The minimum absolute atomic E-state index is 0.0243. The summed E-state index contributed by atoms with van der Waals surface area (Å²) < 4.78 is 38.3. The number of halogens is 3. The number of hydrogen-bond donors (Lipinski definition) is 1. The number of hydrogen-bond acceptors (Lipinski definition) is 4. The highest BCUT2D eigenvalue weighted by atomic mass is 19.4. The molecule has 0 aromatic heterocycles. The molecule has 0 aliphatic heterocycles. The lowest BCUT2D eigenvalue weighted by molar-refractivity contribution is -0.137. The Balaban J connectivity index is 0.000000562. The monoisotopic (exact) mass is 561 g/mol. The van der Waals surface area contributed by atoms with Crippen LogP contribution < -0.4 is 5.32 Å². The van der Waals surface area contributed by atoms with Gasteiger partial charge in [-0.15, -0.1) is 0 Å². The Kier molecular flexibility index (Phi) is 15.1. The topological polar surface area (TPSA) is 80.3 Å². The number of ketones is 3. The van der Waals surface area contributed by atoms with E-state index in [0.717, 1.165) is 36.1 Å². The normalized spacial score (nSPS) is 11.7. The van der Waals surface area contributed by atoms with Crippen LogP contribution >= 0.6 is 0 Å². The zero-order chi connectivity index (χ0) is 30.3. The van der Waals surface area contributed by atoms with Gasteiger partial charge in [-0.2, -0.15) is 13.2 Å². The van der Waals surface area contributed by atoms with Crippen LogP contribution in [0.15, 0.2) is 42.5 Å². The van der Waals surface area contributed by atoms with Crippen molar-refractivity contribution >= 4 is 23.3 Å². The van der Waals surface area contributed by atoms with Gasteiger partial charge < -0.3 is 5.32 Å². The average Bonchev–Trinajstić information content (AvgIpc) is 2.90. The van der Waals surface area contributed by atoms with Crippen LogP contribution in [-0.4, -0.2) is 23.3 Å². The summed E-state index contributed by atoms with van der Waals surface area (Å²) in [6.45, 7) is 9.38. The third kappa shape index (κ3) is 12.7. The van der Waals surface area contributed by atoms with Crippen LogP contribution in [0.1, 0.15) is 106 Å². The first-order valence-electron chi connectivity index (χ1n) is 13.9. The SMILES string of the molecule is CCCC(=O)CCC(C)C(C)=O.CCCC(=O)c1ccc(CC(=O)NCc2cccc(C(F)(F)F)c2)cc1CC. The van der Waals surface area contributed by atoms with Gasteiger partial charge in [0.2, 0.25) is 5.91 Å². The van der Waals surface area contributed by atoms with Crippen molar-refractivity contribution in [2.45, 2.75) is 98.7 Å². The molecule has 0 spiro atoms. The van der Waals surface area contributed by atoms with Gasteiger partial charge in [0.15, 0.2) is 5.78 Å². The summed E-state index contributed by atoms with van der Waals surface area (Å²) in [5.41, 5.74) is 2.02. The summed E-state index contributed by atoms with van der Waals surface area (Å²) in [6, 6.07) is 10.3. The van der Waals surface area contributed by atoms with Crippen molar-refractivity contribution in [2.75, 3.05) is 0 Å². The second-order valence-electron chi connectivity index (χ2n) is 10.0. The largest absolute Gasteiger partial charge is 0.416 e. The number of aryl methyl sites for hydroxylation is 1. The molecule has 2 rings (SSSR count). The summed E-state index contributed by atoms with van der Waals surface area (Å²) in [6.07, 6.45) is 0.498. The van der Waals surface area contributed by atoms with E-state index < -0.39 is 11.7 Å². The van der Waals surface area contributed by atoms with Crippen molar-refractivity contribution in [3.63, 3.8) is 0 Å². The molecule has 0 heterocycles. The van der Waals surface area contributed by atoms with E-state index in [2.05, 4.69) is 5.32 Å². The van der Waals surface area contributed by atoms with Crippen LogP contribution in [0.2, 0.25) is 0 Å². The lowest BCUT2D eigenvalue weighted by Gasteiger charge is -2.11. The van der Waals surface area contributed by atoms with E-state index in [9.17, 15) is 32.3 Å². The van der Waals surface area contributed by atoms with Gasteiger partial charge in [0, 0.05) is 37.3 Å². The van der Waals surface area contributed by atoms with Gasteiger partial charge in [0.25, 0.3) is 0 Å². The molecular weight excluding hydrogens is 519 g/mol. The zero-order valence-corrected chi connectivity index (χ0v) is 24.2. The Labute approximate surface area is 235 Å². The molecule has 8 heteroatoms. The van der Waals surface area contributed by atoms with Crippen LogP contribution in [0.4, 0.5) is 13.2 Å². The molecule has 220 valence electrons. The molecule has 0 bridgehead atoms. The molecule has 1 unspecified atom stereocenters. The van der Waals surface area contributed by atoms with Crippen molar-refractivity contribution in [1.29, 1.82) is 0 Å². The third-order valence-corrected chi connectivity index (χ3v) is 6.52. The maximum absolute atomic E-state index is 12.8. The number of alkyl halides is 3. The van der Waals surface area contributed by atoms with Crippen molar-refractivity contribution < 1.29 is 32.3 Å². The summed E-state index contributed by atoms with van der Waals surface area (Å²) in [5.74, 6) is 0.322. The zero-order valence-electron chi connectivity index (χ0n) is 24.2. The molecular formula is C32H42F3NO4. The van der Waals surface area contributed by atoms with Gasteiger partial charge in [0.05, 0.1) is 12.0 Å². The van der Waals surface area contributed by atoms with Crippen LogP contribution in [0.3, 0.4) is 0 Å². The fourth-order valence-corrected chi connectivity index (χ4v) is 3.97. The highest BCUT2D eigenvalue weighted by Gasteiger charge is 2.30. The predicted octanol–water partition coefficient (Wildman–Crippen LogP) is 7.47. The third-order valence-electron chi connectivity index (χ3n) is 6.52. The lowest BCUT2D eigenvalue weighted by Crippen LogP contribution is -2.24. The number of rotatable bonds is 14. The van der Waals surface area contributed by atoms with Crippen LogP contribution in [0.5, 0.6) is 0 Å². The van der Waals surface area contributed by atoms with Crippen molar-refractivity contribution in [1.82, 2.24) is 5.32 Å². The predicted molar refractivity (Wildman–Crippen MR) is 151 cm³/mol. The van der Waals surface area contributed by atoms with Crippen molar-refractivity contribution in [2.24, 2.45) is 5.92 Å². The number of carbonyl (C=O) groups is 4. The van der Waals surface area contributed by atoms with E-state index >= 15 is 0 Å². The van der Waals surface area contributed by atoms with Gasteiger partial charge in [-0.3, -0.25) is 19.2 Å². The van der Waals surface area contributed by atoms with Crippen molar-refractivity contribution in [3.05, 3.63) is 70.3 Å². The highest BCUT2D eigenvalue weighted by molar-refractivity contribution is 5.97. The van der Waals surface area contributed by atoms with Gasteiger partial charge >= 0.3 is 6.18 Å². The van der Waals surface area contributed by atoms with E-state index in [1.54, 1.807) is 25.1 Å². The Bertz CT molecular complexity index is 1140. The van der Waals surface area contributed by atoms with Crippen molar-refractivity contribution in [3.8, 4) is 0 Å². The minimum Gasteiger partial charge on any atom is -0.352 e. The molecule has 40 heavy (non-hydrogen) atoms. The molecule has 0 aliphatic rings. The number of Topliss-reactive ketones (excluding diaryl/α,β-unsaturated/α-hetero) is 3. The first kappa shape index (κ1) is 34.7. The summed E-state index contributed by atoms with van der Waals surface area (Å²) in [5, 5.41) is 2.65. The second-order valence-corrected chi connectivity index (χ2v) is 10.0. The van der Waals surface area contributed by atoms with Gasteiger partial charge in [-0.25, -0.2) is 0 Å². The fraction of sp³-hybridized carbons (Fsp3) is 0.500. The fourth-order valence-electron chi connectivity index (χ4n) is 3.97. The maximum Gasteiger partial charge on any atom is 0.416 e.